The van der Waals surface area contributed by atoms with Crippen molar-refractivity contribution >= 4 is 11.9 Å². The van der Waals surface area contributed by atoms with Crippen LogP contribution >= 0.6 is 0 Å². The van der Waals surface area contributed by atoms with Crippen molar-refractivity contribution in [2.24, 2.45) is 0 Å². The third-order valence-electron chi connectivity index (χ3n) is 13.3. The molecule has 0 aromatic carbocycles. The normalized spacial score (nSPS) is 12.5. The van der Waals surface area contributed by atoms with Gasteiger partial charge in [-0.3, -0.25) is 9.59 Å². The van der Waals surface area contributed by atoms with Crippen LogP contribution in [0, 0.1) is 0 Å². The van der Waals surface area contributed by atoms with Crippen molar-refractivity contribution in [1.29, 1.82) is 0 Å². The van der Waals surface area contributed by atoms with Gasteiger partial charge in [0, 0.05) is 19.4 Å². The van der Waals surface area contributed by atoms with Crippen molar-refractivity contribution in [3.8, 4) is 0 Å². The number of esters is 2. The molecule has 1 unspecified atom stereocenters. The Morgan fingerprint density at radius 2 is 0.618 bits per heavy atom. The summed E-state index contributed by atoms with van der Waals surface area (Å²) in [6.45, 7) is 7.83. The van der Waals surface area contributed by atoms with Crippen LogP contribution < -0.4 is 0 Å². The van der Waals surface area contributed by atoms with Crippen LogP contribution in [-0.2, 0) is 23.8 Å². The van der Waals surface area contributed by atoms with Crippen LogP contribution in [0.25, 0.3) is 0 Å². The molecule has 1 atom stereocenters. The van der Waals surface area contributed by atoms with Crippen molar-refractivity contribution in [3.63, 3.8) is 0 Å². The molecule has 5 nitrogen and oxygen atoms in total. The number of allylic oxidation sites excluding steroid dienone is 8. The first-order valence-electron chi connectivity index (χ1n) is 30.2. The Morgan fingerprint density at radius 3 is 1.00 bits per heavy atom. The lowest BCUT2D eigenvalue weighted by Gasteiger charge is -2.18. The molecule has 0 aromatic rings. The van der Waals surface area contributed by atoms with Gasteiger partial charge in [-0.05, 0) is 83.5 Å². The fourth-order valence-corrected chi connectivity index (χ4v) is 8.81. The van der Waals surface area contributed by atoms with E-state index in [1.165, 1.54) is 238 Å². The first-order valence-corrected chi connectivity index (χ1v) is 30.2. The highest BCUT2D eigenvalue weighted by molar-refractivity contribution is 5.70. The second-order valence-corrected chi connectivity index (χ2v) is 20.3. The standard InChI is InChI=1S/C63H116O5/c1-4-7-10-13-16-19-22-25-28-30-32-34-36-38-41-44-47-50-53-56-62(64)67-60-61(59-66-58-55-52-49-46-43-40-27-24-21-18-15-12-9-6-3)68-63(65)57-54-51-48-45-42-39-37-35-33-31-29-26-23-20-17-14-11-8-5-2/h16-17,19-20,25-26,28-29,61H,4-15,18,21-24,27,30-60H2,1-3H3/b19-16-,20-17-,28-25-,29-26-. The average Bonchev–Trinajstić information content (AvgIpc) is 3.34. The first-order chi connectivity index (χ1) is 33.6. The van der Waals surface area contributed by atoms with E-state index >= 15 is 0 Å². The summed E-state index contributed by atoms with van der Waals surface area (Å²) in [7, 11) is 0. The summed E-state index contributed by atoms with van der Waals surface area (Å²) < 4.78 is 17.5. The van der Waals surface area contributed by atoms with Crippen LogP contribution in [0.1, 0.15) is 316 Å². The number of carbonyl (C=O) groups excluding carboxylic acids is 2. The Kier molecular flexibility index (Phi) is 57.3. The Hall–Kier alpha value is -2.14. The van der Waals surface area contributed by atoms with E-state index < -0.39 is 6.10 Å². The van der Waals surface area contributed by atoms with Crippen molar-refractivity contribution in [1.82, 2.24) is 0 Å². The van der Waals surface area contributed by atoms with Crippen LogP contribution in [0.5, 0.6) is 0 Å². The second kappa shape index (κ2) is 59.2. The Balaban J connectivity index is 4.24. The minimum absolute atomic E-state index is 0.0854. The molecule has 0 aliphatic heterocycles. The quantitative estimate of drug-likeness (QED) is 0.0345. The molecule has 0 N–H and O–H groups in total. The fourth-order valence-electron chi connectivity index (χ4n) is 8.81. The molecule has 0 fully saturated rings. The largest absolute Gasteiger partial charge is 0.462 e. The smallest absolute Gasteiger partial charge is 0.306 e. The van der Waals surface area contributed by atoms with Crippen molar-refractivity contribution in [2.75, 3.05) is 19.8 Å². The first kappa shape index (κ1) is 65.9. The molecule has 0 aromatic heterocycles. The molecule has 0 saturated carbocycles. The SMILES string of the molecule is CCCCC/C=C\C/C=C\CCCCCCCCCCCC(=O)OCC(COCCCCCCCCCCCCCCCC)OC(=O)CCCCCCCCCCC/C=C\C/C=C\CCCCC. The monoisotopic (exact) mass is 953 g/mol. The number of hydrogen-bond acceptors (Lipinski definition) is 5. The zero-order valence-electron chi connectivity index (χ0n) is 45.9. The van der Waals surface area contributed by atoms with E-state index in [1.54, 1.807) is 0 Å². The van der Waals surface area contributed by atoms with Crippen LogP contribution in [0.2, 0.25) is 0 Å². The van der Waals surface area contributed by atoms with Gasteiger partial charge in [0.25, 0.3) is 0 Å². The molecule has 0 spiro atoms. The van der Waals surface area contributed by atoms with Gasteiger partial charge < -0.3 is 14.2 Å². The predicted molar refractivity (Wildman–Crippen MR) is 298 cm³/mol. The highest BCUT2D eigenvalue weighted by Gasteiger charge is 2.17. The third-order valence-corrected chi connectivity index (χ3v) is 13.3. The Bertz CT molecular complexity index is 1120. The molecule has 0 rings (SSSR count). The van der Waals surface area contributed by atoms with Crippen molar-refractivity contribution in [2.45, 2.75) is 322 Å². The number of hydrogen-bond donors (Lipinski definition) is 0. The number of carbonyl (C=O) groups is 2. The maximum atomic E-state index is 12.9. The highest BCUT2D eigenvalue weighted by Crippen LogP contribution is 2.16. The minimum Gasteiger partial charge on any atom is -0.462 e. The van der Waals surface area contributed by atoms with Gasteiger partial charge >= 0.3 is 11.9 Å². The van der Waals surface area contributed by atoms with E-state index in [9.17, 15) is 9.59 Å². The zero-order valence-corrected chi connectivity index (χ0v) is 45.9. The molecule has 398 valence electrons. The minimum atomic E-state index is -0.538. The fraction of sp³-hybridized carbons (Fsp3) is 0.841. The van der Waals surface area contributed by atoms with E-state index in [4.69, 9.17) is 14.2 Å². The van der Waals surface area contributed by atoms with E-state index in [1.807, 2.05) is 0 Å². The number of ether oxygens (including phenoxy) is 3. The van der Waals surface area contributed by atoms with Crippen LogP contribution in [0.3, 0.4) is 0 Å². The van der Waals surface area contributed by atoms with Crippen LogP contribution in [-0.4, -0.2) is 37.9 Å². The highest BCUT2D eigenvalue weighted by atomic mass is 16.6. The van der Waals surface area contributed by atoms with Gasteiger partial charge in [0.1, 0.15) is 6.61 Å². The lowest BCUT2D eigenvalue weighted by molar-refractivity contribution is -0.163. The summed E-state index contributed by atoms with van der Waals surface area (Å²) in [4.78, 5) is 25.6. The molecule has 0 aliphatic rings. The van der Waals surface area contributed by atoms with E-state index in [0.717, 1.165) is 44.9 Å². The van der Waals surface area contributed by atoms with E-state index in [-0.39, 0.29) is 25.2 Å². The zero-order chi connectivity index (χ0) is 49.2. The van der Waals surface area contributed by atoms with Gasteiger partial charge in [-0.2, -0.15) is 0 Å². The average molecular weight is 954 g/mol. The molecule has 0 saturated heterocycles. The Morgan fingerprint density at radius 1 is 0.324 bits per heavy atom. The Labute approximate surface area is 424 Å². The van der Waals surface area contributed by atoms with Gasteiger partial charge in [-0.1, -0.05) is 268 Å². The summed E-state index contributed by atoms with van der Waals surface area (Å²) in [5, 5.41) is 0. The van der Waals surface area contributed by atoms with Crippen molar-refractivity contribution < 1.29 is 23.8 Å². The summed E-state index contributed by atoms with van der Waals surface area (Å²) in [6.07, 6.45) is 74.1. The molecule has 0 bridgehead atoms. The van der Waals surface area contributed by atoms with E-state index in [0.29, 0.717) is 19.4 Å². The summed E-state index contributed by atoms with van der Waals surface area (Å²) in [6, 6.07) is 0. The lowest BCUT2D eigenvalue weighted by atomic mass is 10.0. The van der Waals surface area contributed by atoms with Crippen LogP contribution in [0.4, 0.5) is 0 Å². The summed E-state index contributed by atoms with van der Waals surface area (Å²) >= 11 is 0. The van der Waals surface area contributed by atoms with Gasteiger partial charge in [0.15, 0.2) is 6.10 Å². The van der Waals surface area contributed by atoms with Gasteiger partial charge in [-0.25, -0.2) is 0 Å². The number of rotatable bonds is 56. The second-order valence-electron chi connectivity index (χ2n) is 20.3. The summed E-state index contributed by atoms with van der Waals surface area (Å²) in [5.74, 6) is -0.389. The predicted octanol–water partition coefficient (Wildman–Crippen LogP) is 20.7. The topological polar surface area (TPSA) is 61.8 Å². The molecule has 0 heterocycles. The molecule has 68 heavy (non-hydrogen) atoms. The maximum absolute atomic E-state index is 12.9. The lowest BCUT2D eigenvalue weighted by Crippen LogP contribution is -2.30. The summed E-state index contributed by atoms with van der Waals surface area (Å²) in [5.41, 5.74) is 0. The molecule has 0 radical (unpaired) electrons. The van der Waals surface area contributed by atoms with E-state index in [2.05, 4.69) is 69.4 Å². The maximum Gasteiger partial charge on any atom is 0.306 e. The molecular formula is C63H116O5. The molecule has 0 amide bonds. The van der Waals surface area contributed by atoms with Gasteiger partial charge in [-0.15, -0.1) is 0 Å². The molecular weight excluding hydrogens is 837 g/mol. The van der Waals surface area contributed by atoms with Gasteiger partial charge in [0.05, 0.1) is 6.61 Å². The number of unbranched alkanes of at least 4 members (excludes halogenated alkanes) is 37. The molecule has 5 heteroatoms. The van der Waals surface area contributed by atoms with Crippen molar-refractivity contribution in [3.05, 3.63) is 48.6 Å². The molecule has 0 aliphatic carbocycles. The third kappa shape index (κ3) is 56.4. The van der Waals surface area contributed by atoms with Crippen LogP contribution in [0.15, 0.2) is 48.6 Å². The van der Waals surface area contributed by atoms with Gasteiger partial charge in [0.2, 0.25) is 0 Å².